The third kappa shape index (κ3) is 4.18. The van der Waals surface area contributed by atoms with Crippen molar-refractivity contribution in [3.63, 3.8) is 0 Å². The van der Waals surface area contributed by atoms with Gasteiger partial charge < -0.3 is 19.5 Å². The Bertz CT molecular complexity index is 1050. The number of rotatable bonds is 6. The molecule has 0 spiro atoms. The van der Waals surface area contributed by atoms with Crippen LogP contribution in [0.5, 0.6) is 11.5 Å². The molecule has 0 atom stereocenters. The lowest BCUT2D eigenvalue weighted by atomic mass is 10.2. The highest BCUT2D eigenvalue weighted by molar-refractivity contribution is 7.21. The number of ether oxygens (including phenoxy) is 3. The van der Waals surface area contributed by atoms with Gasteiger partial charge in [-0.05, 0) is 30.3 Å². The molecule has 0 saturated carbocycles. The molecule has 0 bridgehead atoms. The fourth-order valence-corrected chi connectivity index (χ4v) is 3.89. The summed E-state index contributed by atoms with van der Waals surface area (Å²) >= 11 is 7.18. The monoisotopic (exact) mass is 423 g/mol. The van der Waals surface area contributed by atoms with E-state index in [1.54, 1.807) is 18.2 Å². The Morgan fingerprint density at radius 2 is 1.93 bits per heavy atom. The van der Waals surface area contributed by atoms with Gasteiger partial charge in [0.05, 0.1) is 24.9 Å². The normalized spacial score (nSPS) is 10.6. The molecular weight excluding hydrogens is 409 g/mol. The molecule has 1 aromatic heterocycles. The molecule has 0 fully saturated rings. The number of fused-ring (bicyclic) bond motifs is 1. The van der Waals surface area contributed by atoms with Crippen molar-refractivity contribution in [3.8, 4) is 11.5 Å². The molecule has 28 heavy (non-hydrogen) atoms. The molecule has 0 aliphatic rings. The van der Waals surface area contributed by atoms with E-state index in [4.69, 9.17) is 25.8 Å². The van der Waals surface area contributed by atoms with Crippen molar-refractivity contribution in [2.24, 2.45) is 0 Å². The molecule has 3 aromatic rings. The first-order valence-corrected chi connectivity index (χ1v) is 9.19. The highest BCUT2D eigenvalue weighted by Gasteiger charge is 2.20. The predicted molar refractivity (Wildman–Crippen MR) is 105 cm³/mol. The van der Waals surface area contributed by atoms with Gasteiger partial charge in [0.2, 0.25) is 0 Å². The number of anilines is 1. The van der Waals surface area contributed by atoms with Gasteiger partial charge in [-0.25, -0.2) is 9.18 Å². The number of halogens is 2. The maximum Gasteiger partial charge on any atom is 0.350 e. The SMILES string of the molecule is COc1ccc(OC)c(NC(=O)COC(=O)c2sc3cc(F)ccc3c2Cl)c1. The number of carbonyl (C=O) groups excluding carboxylic acids is 2. The minimum absolute atomic E-state index is 0.106. The van der Waals surface area contributed by atoms with Gasteiger partial charge in [-0.15, -0.1) is 11.3 Å². The van der Waals surface area contributed by atoms with Crippen LogP contribution >= 0.6 is 22.9 Å². The zero-order valence-electron chi connectivity index (χ0n) is 14.9. The maximum absolute atomic E-state index is 13.3. The van der Waals surface area contributed by atoms with Crippen LogP contribution < -0.4 is 14.8 Å². The second-order valence-corrected chi connectivity index (χ2v) is 7.01. The van der Waals surface area contributed by atoms with Crippen molar-refractivity contribution >= 4 is 50.6 Å². The molecule has 9 heteroatoms. The van der Waals surface area contributed by atoms with Gasteiger partial charge in [0.15, 0.2) is 6.61 Å². The van der Waals surface area contributed by atoms with Crippen LogP contribution in [0.4, 0.5) is 10.1 Å². The largest absolute Gasteiger partial charge is 0.497 e. The summed E-state index contributed by atoms with van der Waals surface area (Å²) in [5, 5.41) is 3.30. The number of esters is 1. The van der Waals surface area contributed by atoms with E-state index in [0.717, 1.165) is 11.3 Å². The summed E-state index contributed by atoms with van der Waals surface area (Å²) in [5.41, 5.74) is 0.373. The van der Waals surface area contributed by atoms with E-state index in [1.165, 1.54) is 32.4 Å². The lowest BCUT2D eigenvalue weighted by Crippen LogP contribution is -2.21. The summed E-state index contributed by atoms with van der Waals surface area (Å²) in [4.78, 5) is 24.5. The van der Waals surface area contributed by atoms with Crippen LogP contribution in [0.25, 0.3) is 10.1 Å². The summed E-state index contributed by atoms with van der Waals surface area (Å²) in [7, 11) is 2.96. The van der Waals surface area contributed by atoms with E-state index in [0.29, 0.717) is 27.3 Å². The molecule has 0 radical (unpaired) electrons. The molecule has 0 saturated heterocycles. The number of carbonyl (C=O) groups is 2. The minimum Gasteiger partial charge on any atom is -0.497 e. The van der Waals surface area contributed by atoms with Crippen LogP contribution in [0.3, 0.4) is 0 Å². The van der Waals surface area contributed by atoms with Gasteiger partial charge in [-0.1, -0.05) is 11.6 Å². The summed E-state index contributed by atoms with van der Waals surface area (Å²) < 4.78 is 29.2. The quantitative estimate of drug-likeness (QED) is 0.590. The van der Waals surface area contributed by atoms with Crippen molar-refractivity contribution in [1.82, 2.24) is 0 Å². The molecule has 0 aliphatic heterocycles. The van der Waals surface area contributed by atoms with Crippen molar-refractivity contribution in [3.05, 3.63) is 52.1 Å². The van der Waals surface area contributed by atoms with Crippen molar-refractivity contribution in [2.75, 3.05) is 26.1 Å². The van der Waals surface area contributed by atoms with Gasteiger partial charge in [-0.2, -0.15) is 0 Å². The second kappa shape index (κ2) is 8.45. The van der Waals surface area contributed by atoms with Crippen molar-refractivity contribution in [2.45, 2.75) is 0 Å². The third-order valence-electron chi connectivity index (χ3n) is 3.79. The fourth-order valence-electron chi connectivity index (χ4n) is 2.46. The molecular formula is C19H15ClFNO5S. The van der Waals surface area contributed by atoms with E-state index in [9.17, 15) is 14.0 Å². The number of thiophene rings is 1. The Hall–Kier alpha value is -2.84. The molecule has 0 aliphatic carbocycles. The van der Waals surface area contributed by atoms with E-state index in [1.807, 2.05) is 0 Å². The van der Waals surface area contributed by atoms with Gasteiger partial charge in [0.25, 0.3) is 5.91 Å². The molecule has 0 unspecified atom stereocenters. The van der Waals surface area contributed by atoms with E-state index < -0.39 is 24.3 Å². The minimum atomic E-state index is -0.764. The summed E-state index contributed by atoms with van der Waals surface area (Å²) in [6, 6.07) is 8.92. The number of nitrogens with one attached hydrogen (secondary N) is 1. The highest BCUT2D eigenvalue weighted by Crippen LogP contribution is 2.36. The number of hydrogen-bond donors (Lipinski definition) is 1. The second-order valence-electron chi connectivity index (χ2n) is 5.58. The van der Waals surface area contributed by atoms with E-state index in [-0.39, 0.29) is 9.90 Å². The van der Waals surface area contributed by atoms with Crippen molar-refractivity contribution in [1.29, 1.82) is 0 Å². The zero-order valence-corrected chi connectivity index (χ0v) is 16.4. The Labute approximate surface area is 168 Å². The van der Waals surface area contributed by atoms with Crippen LogP contribution in [-0.4, -0.2) is 32.7 Å². The van der Waals surface area contributed by atoms with Crippen LogP contribution in [0.1, 0.15) is 9.67 Å². The van der Waals surface area contributed by atoms with Gasteiger partial charge in [-0.3, -0.25) is 4.79 Å². The Kier molecular flexibility index (Phi) is 6.01. The molecule has 2 aromatic carbocycles. The van der Waals surface area contributed by atoms with Crippen molar-refractivity contribution < 1.29 is 28.2 Å². The lowest BCUT2D eigenvalue weighted by Gasteiger charge is -2.11. The number of amides is 1. The number of methoxy groups -OCH3 is 2. The number of benzene rings is 2. The highest BCUT2D eigenvalue weighted by atomic mass is 35.5. The Morgan fingerprint density at radius 1 is 1.14 bits per heavy atom. The van der Waals surface area contributed by atoms with Crippen LogP contribution in [0.2, 0.25) is 5.02 Å². The van der Waals surface area contributed by atoms with Crippen LogP contribution in [0.15, 0.2) is 36.4 Å². The van der Waals surface area contributed by atoms with E-state index in [2.05, 4.69) is 5.32 Å². The molecule has 1 heterocycles. The lowest BCUT2D eigenvalue weighted by molar-refractivity contribution is -0.119. The summed E-state index contributed by atoms with van der Waals surface area (Å²) in [6.07, 6.45) is 0. The average Bonchev–Trinajstić information content (AvgIpc) is 3.01. The van der Waals surface area contributed by atoms with E-state index >= 15 is 0 Å². The summed E-state index contributed by atoms with van der Waals surface area (Å²) in [6.45, 7) is -0.530. The molecule has 3 rings (SSSR count). The Balaban J connectivity index is 1.68. The summed E-state index contributed by atoms with van der Waals surface area (Å²) in [5.74, 6) is -0.813. The van der Waals surface area contributed by atoms with Gasteiger partial charge >= 0.3 is 5.97 Å². The maximum atomic E-state index is 13.3. The van der Waals surface area contributed by atoms with Crippen LogP contribution in [-0.2, 0) is 9.53 Å². The van der Waals surface area contributed by atoms with Gasteiger partial charge in [0.1, 0.15) is 22.2 Å². The van der Waals surface area contributed by atoms with Gasteiger partial charge in [0, 0.05) is 16.2 Å². The fraction of sp³-hybridized carbons (Fsp3) is 0.158. The molecule has 6 nitrogen and oxygen atoms in total. The third-order valence-corrected chi connectivity index (χ3v) is 5.43. The topological polar surface area (TPSA) is 73.9 Å². The molecule has 146 valence electrons. The first-order chi connectivity index (χ1) is 13.4. The Morgan fingerprint density at radius 3 is 2.64 bits per heavy atom. The predicted octanol–water partition coefficient (Wildman–Crippen LogP) is 4.51. The smallest absolute Gasteiger partial charge is 0.350 e. The first kappa shape index (κ1) is 19.9. The standard InChI is InChI=1S/C19H15ClFNO5S/c1-25-11-4-6-14(26-2)13(8-11)22-16(23)9-27-19(24)18-17(20)12-5-3-10(21)7-15(12)28-18/h3-8H,9H2,1-2H3,(H,22,23). The zero-order chi connectivity index (χ0) is 20.3. The first-order valence-electron chi connectivity index (χ1n) is 7.99. The molecule has 1 amide bonds. The molecule has 1 N–H and O–H groups in total. The average molecular weight is 424 g/mol. The van der Waals surface area contributed by atoms with Crippen LogP contribution in [0, 0.1) is 5.82 Å². The number of hydrogen-bond acceptors (Lipinski definition) is 6.